The first kappa shape index (κ1) is 14.7. The third-order valence-electron chi connectivity index (χ3n) is 4.07. The summed E-state index contributed by atoms with van der Waals surface area (Å²) in [5, 5.41) is 13.9. The molecule has 3 unspecified atom stereocenters. The summed E-state index contributed by atoms with van der Waals surface area (Å²) in [6.45, 7) is 4.22. The van der Waals surface area contributed by atoms with Crippen LogP contribution >= 0.6 is 11.6 Å². The average molecular weight is 298 g/mol. The van der Waals surface area contributed by atoms with Crippen molar-refractivity contribution in [3.05, 3.63) is 33.1 Å². The van der Waals surface area contributed by atoms with E-state index in [-0.39, 0.29) is 22.4 Å². The SMILES string of the molecule is CC1CCC(NC(=O)c2cc(Cl)ncc2[N+](=O)[O-])C1C. The highest BCUT2D eigenvalue weighted by molar-refractivity contribution is 6.29. The molecule has 1 aliphatic carbocycles. The van der Waals surface area contributed by atoms with Crippen LogP contribution in [0.4, 0.5) is 5.69 Å². The van der Waals surface area contributed by atoms with Gasteiger partial charge in [0.25, 0.3) is 11.6 Å². The normalized spacial score (nSPS) is 25.4. The predicted molar refractivity (Wildman–Crippen MR) is 74.7 cm³/mol. The van der Waals surface area contributed by atoms with Crippen molar-refractivity contribution in [1.29, 1.82) is 0 Å². The van der Waals surface area contributed by atoms with Crippen LogP contribution in [0.5, 0.6) is 0 Å². The van der Waals surface area contributed by atoms with Crippen molar-refractivity contribution in [2.24, 2.45) is 11.8 Å². The van der Waals surface area contributed by atoms with Gasteiger partial charge in [-0.25, -0.2) is 4.98 Å². The number of carbonyl (C=O) groups is 1. The smallest absolute Gasteiger partial charge is 0.300 e. The third-order valence-corrected chi connectivity index (χ3v) is 4.28. The molecule has 1 aromatic rings. The average Bonchev–Trinajstić information content (AvgIpc) is 2.70. The second-order valence-corrected chi connectivity index (χ2v) is 5.66. The van der Waals surface area contributed by atoms with E-state index in [1.54, 1.807) is 0 Å². The van der Waals surface area contributed by atoms with Gasteiger partial charge < -0.3 is 5.32 Å². The van der Waals surface area contributed by atoms with Gasteiger partial charge in [-0.3, -0.25) is 14.9 Å². The third kappa shape index (κ3) is 2.90. The molecule has 1 aliphatic rings. The fourth-order valence-corrected chi connectivity index (χ4v) is 2.72. The molecule has 20 heavy (non-hydrogen) atoms. The molecule has 0 bridgehead atoms. The first-order valence-corrected chi connectivity index (χ1v) is 6.88. The Kier molecular flexibility index (Phi) is 4.23. The molecule has 0 saturated heterocycles. The summed E-state index contributed by atoms with van der Waals surface area (Å²) < 4.78 is 0. The van der Waals surface area contributed by atoms with Crippen molar-refractivity contribution in [1.82, 2.24) is 10.3 Å². The molecule has 7 heteroatoms. The van der Waals surface area contributed by atoms with Gasteiger partial charge >= 0.3 is 0 Å². The molecule has 1 saturated carbocycles. The molecule has 1 heterocycles. The number of nitrogens with zero attached hydrogens (tertiary/aromatic N) is 2. The van der Waals surface area contributed by atoms with E-state index in [1.165, 1.54) is 6.07 Å². The summed E-state index contributed by atoms with van der Waals surface area (Å²) >= 11 is 5.72. The monoisotopic (exact) mass is 297 g/mol. The Labute approximate surface area is 121 Å². The molecule has 0 spiro atoms. The molecule has 0 aliphatic heterocycles. The molecule has 0 aromatic carbocycles. The fraction of sp³-hybridized carbons (Fsp3) is 0.538. The van der Waals surface area contributed by atoms with E-state index < -0.39 is 10.8 Å². The number of nitrogens with one attached hydrogen (secondary N) is 1. The van der Waals surface area contributed by atoms with Gasteiger partial charge in [0.1, 0.15) is 16.9 Å². The minimum absolute atomic E-state index is 0.0400. The molecule has 2 rings (SSSR count). The zero-order valence-electron chi connectivity index (χ0n) is 11.3. The molecule has 6 nitrogen and oxygen atoms in total. The Hall–Kier alpha value is -1.69. The highest BCUT2D eigenvalue weighted by Gasteiger charge is 2.32. The number of halogens is 1. The number of aromatic nitrogens is 1. The summed E-state index contributed by atoms with van der Waals surface area (Å²) in [5.41, 5.74) is -0.368. The van der Waals surface area contributed by atoms with Crippen molar-refractivity contribution in [3.8, 4) is 0 Å². The quantitative estimate of drug-likeness (QED) is 0.528. The number of hydrogen-bond donors (Lipinski definition) is 1. The lowest BCUT2D eigenvalue weighted by atomic mass is 9.97. The van der Waals surface area contributed by atoms with E-state index >= 15 is 0 Å². The summed E-state index contributed by atoms with van der Waals surface area (Å²) in [5.74, 6) is 0.429. The van der Waals surface area contributed by atoms with Crippen LogP contribution in [0.2, 0.25) is 5.15 Å². The largest absolute Gasteiger partial charge is 0.349 e. The van der Waals surface area contributed by atoms with Gasteiger partial charge in [0, 0.05) is 6.04 Å². The van der Waals surface area contributed by atoms with E-state index in [0.29, 0.717) is 11.8 Å². The Balaban J connectivity index is 2.21. The van der Waals surface area contributed by atoms with Crippen LogP contribution in [-0.4, -0.2) is 21.9 Å². The maximum absolute atomic E-state index is 12.2. The van der Waals surface area contributed by atoms with Crippen LogP contribution in [0, 0.1) is 22.0 Å². The first-order chi connectivity index (χ1) is 9.40. The number of pyridine rings is 1. The molecule has 1 N–H and O–H groups in total. The summed E-state index contributed by atoms with van der Waals surface area (Å²) in [7, 11) is 0. The lowest BCUT2D eigenvalue weighted by molar-refractivity contribution is -0.385. The van der Waals surface area contributed by atoms with Gasteiger partial charge in [-0.1, -0.05) is 25.4 Å². The molecule has 1 aromatic heterocycles. The summed E-state index contributed by atoms with van der Waals surface area (Å²) in [6, 6.07) is 1.28. The molecule has 108 valence electrons. The van der Waals surface area contributed by atoms with Crippen molar-refractivity contribution in [2.75, 3.05) is 0 Å². The van der Waals surface area contributed by atoms with E-state index in [2.05, 4.69) is 24.1 Å². The zero-order chi connectivity index (χ0) is 14.9. The topological polar surface area (TPSA) is 85.1 Å². The second-order valence-electron chi connectivity index (χ2n) is 5.27. The van der Waals surface area contributed by atoms with Gasteiger partial charge in [-0.05, 0) is 30.7 Å². The summed E-state index contributed by atoms with van der Waals surface area (Å²) in [6.07, 6.45) is 2.95. The maximum Gasteiger partial charge on any atom is 0.300 e. The van der Waals surface area contributed by atoms with Crippen LogP contribution in [0.3, 0.4) is 0 Å². The maximum atomic E-state index is 12.2. The van der Waals surface area contributed by atoms with Gasteiger partial charge in [-0.15, -0.1) is 0 Å². The Morgan fingerprint density at radius 2 is 2.20 bits per heavy atom. The number of nitro groups is 1. The molecule has 3 atom stereocenters. The zero-order valence-corrected chi connectivity index (χ0v) is 12.1. The second kappa shape index (κ2) is 5.75. The van der Waals surface area contributed by atoms with Crippen LogP contribution in [0.15, 0.2) is 12.3 Å². The summed E-state index contributed by atoms with van der Waals surface area (Å²) in [4.78, 5) is 26.2. The van der Waals surface area contributed by atoms with Crippen molar-refractivity contribution in [2.45, 2.75) is 32.7 Å². The van der Waals surface area contributed by atoms with Crippen molar-refractivity contribution >= 4 is 23.2 Å². The minimum Gasteiger partial charge on any atom is -0.349 e. The van der Waals surface area contributed by atoms with E-state index in [0.717, 1.165) is 19.0 Å². The lowest BCUT2D eigenvalue weighted by Crippen LogP contribution is -2.37. The van der Waals surface area contributed by atoms with Crippen LogP contribution in [0.1, 0.15) is 37.0 Å². The highest BCUT2D eigenvalue weighted by atomic mass is 35.5. The molecular weight excluding hydrogens is 282 g/mol. The van der Waals surface area contributed by atoms with Crippen LogP contribution in [-0.2, 0) is 0 Å². The van der Waals surface area contributed by atoms with Gasteiger partial charge in [0.05, 0.1) is 4.92 Å². The van der Waals surface area contributed by atoms with Gasteiger partial charge in [0.15, 0.2) is 0 Å². The van der Waals surface area contributed by atoms with Crippen LogP contribution in [0.25, 0.3) is 0 Å². The number of hydrogen-bond acceptors (Lipinski definition) is 4. The molecule has 1 fully saturated rings. The fourth-order valence-electron chi connectivity index (χ4n) is 2.56. The van der Waals surface area contributed by atoms with Gasteiger partial charge in [-0.2, -0.15) is 0 Å². The van der Waals surface area contributed by atoms with Crippen molar-refractivity contribution < 1.29 is 9.72 Å². The highest BCUT2D eigenvalue weighted by Crippen LogP contribution is 2.31. The van der Waals surface area contributed by atoms with Gasteiger partial charge in [0.2, 0.25) is 0 Å². The van der Waals surface area contributed by atoms with E-state index in [4.69, 9.17) is 11.6 Å². The van der Waals surface area contributed by atoms with Crippen molar-refractivity contribution in [3.63, 3.8) is 0 Å². The minimum atomic E-state index is -0.626. The Morgan fingerprint density at radius 1 is 1.50 bits per heavy atom. The van der Waals surface area contributed by atoms with E-state index in [9.17, 15) is 14.9 Å². The number of rotatable bonds is 3. The Morgan fingerprint density at radius 3 is 2.75 bits per heavy atom. The van der Waals surface area contributed by atoms with E-state index in [1.807, 2.05) is 0 Å². The molecule has 1 amide bonds. The van der Waals surface area contributed by atoms with Crippen LogP contribution < -0.4 is 5.32 Å². The Bertz CT molecular complexity index is 550. The molecular formula is C13H16ClN3O3. The standard InChI is InChI=1S/C13H16ClN3O3/c1-7-3-4-10(8(7)2)16-13(18)9-5-12(14)15-6-11(9)17(19)20/h5-8,10H,3-4H2,1-2H3,(H,16,18). The lowest BCUT2D eigenvalue weighted by Gasteiger charge is -2.19. The molecule has 0 radical (unpaired) electrons. The predicted octanol–water partition coefficient (Wildman–Crippen LogP) is 2.81. The number of carbonyl (C=O) groups excluding carboxylic acids is 1. The first-order valence-electron chi connectivity index (χ1n) is 6.51. The number of amides is 1.